The van der Waals surface area contributed by atoms with Crippen molar-refractivity contribution in [2.45, 2.75) is 6.61 Å². The van der Waals surface area contributed by atoms with Crippen molar-refractivity contribution in [3.05, 3.63) is 53.8 Å². The van der Waals surface area contributed by atoms with E-state index in [0.29, 0.717) is 11.1 Å². The van der Waals surface area contributed by atoms with E-state index in [-0.39, 0.29) is 17.9 Å². The van der Waals surface area contributed by atoms with E-state index in [9.17, 15) is 9.50 Å². The van der Waals surface area contributed by atoms with Gasteiger partial charge in [0.2, 0.25) is 0 Å². The van der Waals surface area contributed by atoms with Gasteiger partial charge in [-0.05, 0) is 17.7 Å². The molecule has 0 saturated carbocycles. The third-order valence-electron chi connectivity index (χ3n) is 2.41. The van der Waals surface area contributed by atoms with Crippen LogP contribution in [0.15, 0.2) is 42.5 Å². The maximum atomic E-state index is 13.8. The van der Waals surface area contributed by atoms with Crippen LogP contribution in [0.25, 0.3) is 11.1 Å². The zero-order chi connectivity index (χ0) is 11.5. The third kappa shape index (κ3) is 1.90. The molecular formula is C13H11FO2. The fourth-order valence-corrected chi connectivity index (χ4v) is 1.60. The van der Waals surface area contributed by atoms with Crippen LogP contribution in [-0.2, 0) is 6.61 Å². The molecule has 0 aromatic heterocycles. The van der Waals surface area contributed by atoms with E-state index in [0.717, 1.165) is 0 Å². The van der Waals surface area contributed by atoms with Crippen LogP contribution in [0.4, 0.5) is 4.39 Å². The van der Waals surface area contributed by atoms with Gasteiger partial charge in [0.1, 0.15) is 11.6 Å². The molecule has 2 aromatic rings. The van der Waals surface area contributed by atoms with Crippen LogP contribution in [-0.4, -0.2) is 10.2 Å². The van der Waals surface area contributed by atoms with E-state index in [2.05, 4.69) is 0 Å². The fraction of sp³-hybridized carbons (Fsp3) is 0.0769. The molecule has 0 heterocycles. The van der Waals surface area contributed by atoms with Crippen LogP contribution in [0.3, 0.4) is 0 Å². The first kappa shape index (κ1) is 10.6. The second kappa shape index (κ2) is 4.33. The van der Waals surface area contributed by atoms with Gasteiger partial charge in [-0.2, -0.15) is 0 Å². The minimum absolute atomic E-state index is 0.0892. The average molecular weight is 218 g/mol. The summed E-state index contributed by atoms with van der Waals surface area (Å²) in [4.78, 5) is 0. The first-order chi connectivity index (χ1) is 7.72. The lowest BCUT2D eigenvalue weighted by Gasteiger charge is -2.07. The molecule has 2 aromatic carbocycles. The predicted octanol–water partition coefficient (Wildman–Crippen LogP) is 2.69. The Hall–Kier alpha value is -1.87. The first-order valence-electron chi connectivity index (χ1n) is 4.90. The molecule has 0 atom stereocenters. The number of hydrogen-bond acceptors (Lipinski definition) is 2. The zero-order valence-corrected chi connectivity index (χ0v) is 8.52. The van der Waals surface area contributed by atoms with Crippen LogP contribution in [0.5, 0.6) is 5.75 Å². The molecule has 0 aliphatic heterocycles. The maximum Gasteiger partial charge on any atom is 0.136 e. The second-order valence-electron chi connectivity index (χ2n) is 3.49. The van der Waals surface area contributed by atoms with Crippen LogP contribution < -0.4 is 0 Å². The number of aliphatic hydroxyl groups excluding tert-OH is 1. The van der Waals surface area contributed by atoms with E-state index >= 15 is 0 Å². The van der Waals surface area contributed by atoms with E-state index in [1.165, 1.54) is 18.2 Å². The van der Waals surface area contributed by atoms with Crippen LogP contribution in [0, 0.1) is 5.82 Å². The normalized spacial score (nSPS) is 10.4. The van der Waals surface area contributed by atoms with Crippen molar-refractivity contribution in [1.29, 1.82) is 0 Å². The quantitative estimate of drug-likeness (QED) is 0.813. The highest BCUT2D eigenvalue weighted by atomic mass is 19.1. The summed E-state index contributed by atoms with van der Waals surface area (Å²) in [5, 5.41) is 18.3. The smallest absolute Gasteiger partial charge is 0.136 e. The van der Waals surface area contributed by atoms with Crippen molar-refractivity contribution < 1.29 is 14.6 Å². The van der Waals surface area contributed by atoms with Gasteiger partial charge in [-0.25, -0.2) is 4.39 Å². The van der Waals surface area contributed by atoms with Gasteiger partial charge in [-0.1, -0.05) is 30.3 Å². The minimum atomic E-state index is -0.449. The van der Waals surface area contributed by atoms with Crippen molar-refractivity contribution >= 4 is 0 Å². The maximum absolute atomic E-state index is 13.8. The number of rotatable bonds is 2. The Labute approximate surface area is 92.6 Å². The largest absolute Gasteiger partial charge is 0.508 e. The minimum Gasteiger partial charge on any atom is -0.508 e. The second-order valence-corrected chi connectivity index (χ2v) is 3.49. The molecular weight excluding hydrogens is 207 g/mol. The van der Waals surface area contributed by atoms with Gasteiger partial charge in [-0.15, -0.1) is 0 Å². The fourth-order valence-electron chi connectivity index (χ4n) is 1.60. The molecule has 0 aliphatic carbocycles. The van der Waals surface area contributed by atoms with Crippen molar-refractivity contribution in [1.82, 2.24) is 0 Å². The number of phenolic OH excluding ortho intramolecular Hbond substituents is 1. The lowest BCUT2D eigenvalue weighted by molar-refractivity contribution is 0.276. The molecule has 3 heteroatoms. The summed E-state index contributed by atoms with van der Waals surface area (Å²) in [6.07, 6.45) is 0. The Morgan fingerprint density at radius 3 is 2.50 bits per heavy atom. The topological polar surface area (TPSA) is 40.5 Å². The highest BCUT2D eigenvalue weighted by Crippen LogP contribution is 2.27. The number of hydrogen-bond donors (Lipinski definition) is 2. The Balaban J connectivity index is 2.56. The molecule has 0 fully saturated rings. The first-order valence-corrected chi connectivity index (χ1v) is 4.90. The molecule has 2 nitrogen and oxygen atoms in total. The van der Waals surface area contributed by atoms with Gasteiger partial charge in [0.25, 0.3) is 0 Å². The standard InChI is InChI=1S/C13H11FO2/c14-13-10(8-15)4-2-6-12(13)9-3-1-5-11(16)7-9/h1-7,15-16H,8H2. The Morgan fingerprint density at radius 1 is 1.06 bits per heavy atom. The molecule has 0 saturated heterocycles. The summed E-state index contributed by atoms with van der Waals surface area (Å²) in [6.45, 7) is -0.335. The third-order valence-corrected chi connectivity index (χ3v) is 2.41. The van der Waals surface area contributed by atoms with Crippen LogP contribution in [0.2, 0.25) is 0 Å². The predicted molar refractivity (Wildman–Crippen MR) is 59.4 cm³/mol. The van der Waals surface area contributed by atoms with Gasteiger partial charge >= 0.3 is 0 Å². The van der Waals surface area contributed by atoms with Crippen molar-refractivity contribution in [3.8, 4) is 16.9 Å². The Kier molecular flexibility index (Phi) is 2.88. The molecule has 0 bridgehead atoms. The number of aliphatic hydroxyl groups is 1. The van der Waals surface area contributed by atoms with Crippen LogP contribution in [0.1, 0.15) is 5.56 Å². The number of benzene rings is 2. The molecule has 0 aliphatic rings. The van der Waals surface area contributed by atoms with Crippen molar-refractivity contribution in [2.24, 2.45) is 0 Å². The molecule has 0 spiro atoms. The molecule has 2 rings (SSSR count). The molecule has 0 amide bonds. The summed E-state index contributed by atoms with van der Waals surface area (Å²) in [5.74, 6) is -0.359. The Morgan fingerprint density at radius 2 is 1.81 bits per heavy atom. The average Bonchev–Trinajstić information content (AvgIpc) is 2.29. The van der Waals surface area contributed by atoms with E-state index in [4.69, 9.17) is 5.11 Å². The van der Waals surface area contributed by atoms with E-state index < -0.39 is 5.82 Å². The SMILES string of the molecule is OCc1cccc(-c2cccc(O)c2)c1F. The molecule has 0 radical (unpaired) electrons. The summed E-state index contributed by atoms with van der Waals surface area (Å²) >= 11 is 0. The molecule has 0 unspecified atom stereocenters. The number of halogens is 1. The van der Waals surface area contributed by atoms with E-state index in [1.54, 1.807) is 24.3 Å². The van der Waals surface area contributed by atoms with Gasteiger partial charge in [0.05, 0.1) is 6.61 Å². The Bertz CT molecular complexity index is 509. The van der Waals surface area contributed by atoms with E-state index in [1.807, 2.05) is 0 Å². The van der Waals surface area contributed by atoms with Gasteiger partial charge in [0, 0.05) is 11.1 Å². The van der Waals surface area contributed by atoms with Gasteiger partial charge in [-0.3, -0.25) is 0 Å². The molecule has 82 valence electrons. The monoisotopic (exact) mass is 218 g/mol. The van der Waals surface area contributed by atoms with Crippen molar-refractivity contribution in [2.75, 3.05) is 0 Å². The molecule has 2 N–H and O–H groups in total. The summed E-state index contributed by atoms with van der Waals surface area (Å²) < 4.78 is 13.8. The van der Waals surface area contributed by atoms with Gasteiger partial charge in [0.15, 0.2) is 0 Å². The summed E-state index contributed by atoms with van der Waals surface area (Å²) in [5.41, 5.74) is 1.22. The summed E-state index contributed by atoms with van der Waals surface area (Å²) in [7, 11) is 0. The molecule has 16 heavy (non-hydrogen) atoms. The number of aromatic hydroxyl groups is 1. The number of phenols is 1. The summed E-state index contributed by atoms with van der Waals surface area (Å²) in [6, 6.07) is 11.2. The highest BCUT2D eigenvalue weighted by Gasteiger charge is 2.09. The highest BCUT2D eigenvalue weighted by molar-refractivity contribution is 5.66. The van der Waals surface area contributed by atoms with Crippen molar-refractivity contribution in [3.63, 3.8) is 0 Å². The van der Waals surface area contributed by atoms with Crippen LogP contribution >= 0.6 is 0 Å². The zero-order valence-electron chi connectivity index (χ0n) is 8.52. The van der Waals surface area contributed by atoms with Gasteiger partial charge < -0.3 is 10.2 Å². The lowest BCUT2D eigenvalue weighted by atomic mass is 10.0. The lowest BCUT2D eigenvalue weighted by Crippen LogP contribution is -1.92.